The summed E-state index contributed by atoms with van der Waals surface area (Å²) in [5, 5.41) is 0. The van der Waals surface area contributed by atoms with E-state index >= 15 is 0 Å². The van der Waals surface area contributed by atoms with E-state index < -0.39 is 23.7 Å². The van der Waals surface area contributed by atoms with Crippen molar-refractivity contribution in [3.8, 4) is 0 Å². The van der Waals surface area contributed by atoms with E-state index in [0.29, 0.717) is 51.5 Å². The molecule has 0 amide bonds. The molecule has 1 unspecified atom stereocenters. The lowest BCUT2D eigenvalue weighted by Gasteiger charge is -2.27. The lowest BCUT2D eigenvalue weighted by atomic mass is 9.90. The molecule has 2 aliphatic heterocycles. The van der Waals surface area contributed by atoms with Crippen LogP contribution >= 0.6 is 0 Å². The summed E-state index contributed by atoms with van der Waals surface area (Å²) in [4.78, 5) is 66.4. The standard InChI is InChI=1S/C54H97NO13/c1-7-11-15-19-23-27-48(56)64-37-44(38-65-49(57)28-24-20-16-12-8-2)31-35-61-46-41-63-47(42-68-53(60)54(5)33-34-55(6)43-54)52(46)62-36-32-45(39-66-50(58)29-25-21-17-13-9-3)40-67-51(59)30-26-22-18-14-10-4/h44-47,52H,7-43H2,1-6H3/t46-,47+,52+,54?/m0/s1. The molecule has 2 rings (SSSR count). The zero-order valence-electron chi connectivity index (χ0n) is 43.8. The van der Waals surface area contributed by atoms with E-state index in [1.165, 1.54) is 0 Å². The quantitative estimate of drug-likeness (QED) is 0.0322. The number of hydrogen-bond donors (Lipinski definition) is 0. The number of nitrogens with zero attached hydrogens (tertiary/aromatic N) is 1. The van der Waals surface area contributed by atoms with Crippen LogP contribution in [0.15, 0.2) is 0 Å². The zero-order chi connectivity index (χ0) is 49.7. The number of unbranched alkanes of at least 4 members (excludes halogenated alkanes) is 16. The third kappa shape index (κ3) is 28.8. The van der Waals surface area contributed by atoms with Gasteiger partial charge in [-0.05, 0) is 65.5 Å². The summed E-state index contributed by atoms with van der Waals surface area (Å²) in [5.41, 5.74) is -0.612. The van der Waals surface area contributed by atoms with Crippen LogP contribution in [0.3, 0.4) is 0 Å². The fraction of sp³-hybridized carbons (Fsp3) is 0.907. The minimum atomic E-state index is -0.612. The summed E-state index contributed by atoms with van der Waals surface area (Å²) in [6.07, 6.45) is 21.8. The molecule has 0 N–H and O–H groups in total. The minimum Gasteiger partial charge on any atom is -0.465 e. The molecule has 0 aliphatic carbocycles. The van der Waals surface area contributed by atoms with Gasteiger partial charge in [-0.2, -0.15) is 0 Å². The van der Waals surface area contributed by atoms with Crippen molar-refractivity contribution in [3.63, 3.8) is 0 Å². The molecule has 68 heavy (non-hydrogen) atoms. The first-order chi connectivity index (χ1) is 32.9. The molecule has 0 bridgehead atoms. The lowest BCUT2D eigenvalue weighted by Crippen LogP contribution is -2.40. The van der Waals surface area contributed by atoms with Crippen molar-refractivity contribution in [3.05, 3.63) is 0 Å². The van der Waals surface area contributed by atoms with E-state index in [0.717, 1.165) is 135 Å². The molecule has 0 aromatic rings. The van der Waals surface area contributed by atoms with Crippen LogP contribution in [0.5, 0.6) is 0 Å². The van der Waals surface area contributed by atoms with Crippen LogP contribution in [-0.4, -0.2) is 126 Å². The van der Waals surface area contributed by atoms with Gasteiger partial charge in [0.1, 0.15) is 24.9 Å². The number of esters is 5. The van der Waals surface area contributed by atoms with E-state index in [9.17, 15) is 24.0 Å². The molecule has 2 aliphatic rings. The predicted octanol–water partition coefficient (Wildman–Crippen LogP) is 10.7. The van der Waals surface area contributed by atoms with Gasteiger partial charge in [0.15, 0.2) is 0 Å². The Balaban J connectivity index is 2.12. The third-order valence-electron chi connectivity index (χ3n) is 13.3. The van der Waals surface area contributed by atoms with Crippen LogP contribution in [0, 0.1) is 17.3 Å². The summed E-state index contributed by atoms with van der Waals surface area (Å²) in [6.45, 7) is 13.1. The Bertz CT molecular complexity index is 1290. The van der Waals surface area contributed by atoms with Gasteiger partial charge in [-0.25, -0.2) is 0 Å². The molecule has 2 saturated heterocycles. The fourth-order valence-electron chi connectivity index (χ4n) is 8.65. The van der Waals surface area contributed by atoms with Crippen molar-refractivity contribution < 1.29 is 61.9 Å². The van der Waals surface area contributed by atoms with Crippen molar-refractivity contribution in [2.24, 2.45) is 17.3 Å². The van der Waals surface area contributed by atoms with Gasteiger partial charge < -0.3 is 42.8 Å². The van der Waals surface area contributed by atoms with Gasteiger partial charge in [0, 0.05) is 57.3 Å². The fourth-order valence-corrected chi connectivity index (χ4v) is 8.65. The summed E-state index contributed by atoms with van der Waals surface area (Å²) in [6, 6.07) is 0. The average molecular weight is 968 g/mol. The monoisotopic (exact) mass is 968 g/mol. The number of carbonyl (C=O) groups excluding carboxylic acids is 5. The van der Waals surface area contributed by atoms with Gasteiger partial charge in [-0.3, -0.25) is 24.0 Å². The molecule has 2 fully saturated rings. The van der Waals surface area contributed by atoms with Crippen molar-refractivity contribution in [1.29, 1.82) is 0 Å². The number of carbonyl (C=O) groups is 5. The number of likely N-dealkylation sites (tertiary alicyclic amines) is 1. The Hall–Kier alpha value is -2.81. The average Bonchev–Trinajstić information content (AvgIpc) is 3.89. The van der Waals surface area contributed by atoms with E-state index in [1.54, 1.807) is 0 Å². The largest absolute Gasteiger partial charge is 0.465 e. The zero-order valence-corrected chi connectivity index (χ0v) is 43.8. The van der Waals surface area contributed by atoms with Crippen LogP contribution in [0.2, 0.25) is 0 Å². The molecule has 2 heterocycles. The van der Waals surface area contributed by atoms with Crippen LogP contribution in [0.4, 0.5) is 0 Å². The van der Waals surface area contributed by atoms with Crippen LogP contribution in [0.25, 0.3) is 0 Å². The first kappa shape index (κ1) is 61.3. The number of ether oxygens (including phenoxy) is 8. The summed E-state index contributed by atoms with van der Waals surface area (Å²) in [7, 11) is 1.99. The van der Waals surface area contributed by atoms with Crippen molar-refractivity contribution >= 4 is 29.8 Å². The summed E-state index contributed by atoms with van der Waals surface area (Å²) >= 11 is 0. The minimum absolute atomic E-state index is 0.0107. The van der Waals surface area contributed by atoms with Crippen LogP contribution in [0.1, 0.15) is 208 Å². The molecule has 14 heteroatoms. The lowest BCUT2D eigenvalue weighted by molar-refractivity contribution is -0.160. The topological polar surface area (TPSA) is 162 Å². The van der Waals surface area contributed by atoms with Gasteiger partial charge >= 0.3 is 29.8 Å². The second-order valence-electron chi connectivity index (χ2n) is 20.0. The Morgan fingerprint density at radius 1 is 0.544 bits per heavy atom. The number of rotatable bonds is 43. The van der Waals surface area contributed by atoms with Gasteiger partial charge in [0.25, 0.3) is 0 Å². The van der Waals surface area contributed by atoms with E-state index in [1.807, 2.05) is 14.0 Å². The Morgan fingerprint density at radius 2 is 0.926 bits per heavy atom. The molecular weight excluding hydrogens is 871 g/mol. The Labute approximate surface area is 412 Å². The van der Waals surface area contributed by atoms with Crippen LogP contribution in [-0.2, 0) is 61.9 Å². The van der Waals surface area contributed by atoms with E-state index in [2.05, 4.69) is 32.6 Å². The summed E-state index contributed by atoms with van der Waals surface area (Å²) in [5.74, 6) is -1.87. The molecular formula is C54H97NO13. The molecule has 0 spiro atoms. The highest BCUT2D eigenvalue weighted by molar-refractivity contribution is 5.77. The first-order valence-electron chi connectivity index (χ1n) is 27.3. The molecule has 396 valence electrons. The Morgan fingerprint density at radius 3 is 1.29 bits per heavy atom. The molecule has 0 aromatic heterocycles. The predicted molar refractivity (Wildman–Crippen MR) is 264 cm³/mol. The second-order valence-corrected chi connectivity index (χ2v) is 20.0. The van der Waals surface area contributed by atoms with Crippen molar-refractivity contribution in [1.82, 2.24) is 4.90 Å². The molecule has 0 aromatic carbocycles. The second kappa shape index (κ2) is 38.9. The maximum absolute atomic E-state index is 13.4. The van der Waals surface area contributed by atoms with Crippen molar-refractivity contribution in [2.75, 3.05) is 73.0 Å². The van der Waals surface area contributed by atoms with Gasteiger partial charge in [0.2, 0.25) is 0 Å². The van der Waals surface area contributed by atoms with Crippen molar-refractivity contribution in [2.45, 2.75) is 226 Å². The maximum Gasteiger partial charge on any atom is 0.313 e. The van der Waals surface area contributed by atoms with E-state index in [-0.39, 0.29) is 94.5 Å². The molecule has 0 radical (unpaired) electrons. The molecule has 0 saturated carbocycles. The SMILES string of the molecule is CCCCCCCC(=O)OCC(CCO[C@@H]1[C@@H](OCCC(COC(=O)CCCCCCC)COC(=O)CCCCCCC)CO[C@@H]1COC(=O)C1(C)CCN(C)C1)COC(=O)CCCCCCC. The Kier molecular flexibility index (Phi) is 35.1. The maximum atomic E-state index is 13.4. The van der Waals surface area contributed by atoms with E-state index in [4.69, 9.17) is 37.9 Å². The van der Waals surface area contributed by atoms with Crippen LogP contribution < -0.4 is 0 Å². The summed E-state index contributed by atoms with van der Waals surface area (Å²) < 4.78 is 48.0. The molecule has 4 atom stereocenters. The molecule has 14 nitrogen and oxygen atoms in total. The highest BCUT2D eigenvalue weighted by Gasteiger charge is 2.44. The third-order valence-corrected chi connectivity index (χ3v) is 13.3. The normalized spacial score (nSPS) is 19.4. The first-order valence-corrected chi connectivity index (χ1v) is 27.3. The highest BCUT2D eigenvalue weighted by Crippen LogP contribution is 2.31. The van der Waals surface area contributed by atoms with Gasteiger partial charge in [-0.1, -0.05) is 130 Å². The van der Waals surface area contributed by atoms with Gasteiger partial charge in [-0.15, -0.1) is 0 Å². The number of hydrogen-bond acceptors (Lipinski definition) is 14. The smallest absolute Gasteiger partial charge is 0.313 e. The van der Waals surface area contributed by atoms with Gasteiger partial charge in [0.05, 0.1) is 38.4 Å². The highest BCUT2D eigenvalue weighted by atomic mass is 16.6.